The van der Waals surface area contributed by atoms with Gasteiger partial charge >= 0.3 is 0 Å². The number of hydrogen-bond acceptors (Lipinski definition) is 4. The molecule has 1 amide bonds. The topological polar surface area (TPSA) is 59.4 Å². The van der Waals surface area contributed by atoms with Gasteiger partial charge < -0.3 is 10.7 Å². The second-order valence-electron chi connectivity index (χ2n) is 12.5. The SMILES string of the molecule is CN1C(C)(C)CC(NC(=O)C(C)(C=N)C2CC(C)(C)N(C)C(C)(C)C2)CC1(C)C. The molecule has 1 unspecified atom stereocenters. The molecule has 2 rings (SSSR count). The van der Waals surface area contributed by atoms with E-state index in [0.717, 1.165) is 25.7 Å². The Morgan fingerprint density at radius 2 is 1.21 bits per heavy atom. The monoisotopic (exact) mass is 406 g/mol. The summed E-state index contributed by atoms with van der Waals surface area (Å²) in [5, 5.41) is 11.6. The number of nitrogens with one attached hydrogen (secondary N) is 2. The molecule has 2 aliphatic rings. The highest BCUT2D eigenvalue weighted by Crippen LogP contribution is 2.47. The highest BCUT2D eigenvalue weighted by atomic mass is 16.2. The lowest BCUT2D eigenvalue weighted by Crippen LogP contribution is -2.65. The Balaban J connectivity index is 2.25. The molecule has 0 aromatic rings. The molecule has 5 nitrogen and oxygen atoms in total. The van der Waals surface area contributed by atoms with Crippen LogP contribution in [0.25, 0.3) is 0 Å². The fourth-order valence-corrected chi connectivity index (χ4v) is 5.98. The molecule has 0 saturated carbocycles. The van der Waals surface area contributed by atoms with Crippen molar-refractivity contribution in [2.45, 2.75) is 116 Å². The first kappa shape index (κ1) is 24.3. The summed E-state index contributed by atoms with van der Waals surface area (Å²) >= 11 is 0. The molecule has 2 heterocycles. The quantitative estimate of drug-likeness (QED) is 0.684. The normalized spacial score (nSPS) is 29.8. The second kappa shape index (κ2) is 7.33. The number of hydrogen-bond donors (Lipinski definition) is 2. The van der Waals surface area contributed by atoms with Gasteiger partial charge in [-0.05, 0) is 108 Å². The first-order chi connectivity index (χ1) is 12.9. The van der Waals surface area contributed by atoms with Crippen molar-refractivity contribution in [3.05, 3.63) is 0 Å². The van der Waals surface area contributed by atoms with Crippen LogP contribution < -0.4 is 5.32 Å². The van der Waals surface area contributed by atoms with E-state index in [0.29, 0.717) is 0 Å². The van der Waals surface area contributed by atoms with E-state index in [-0.39, 0.29) is 40.0 Å². The largest absolute Gasteiger partial charge is 0.352 e. The number of rotatable bonds is 4. The predicted molar refractivity (Wildman–Crippen MR) is 123 cm³/mol. The maximum Gasteiger partial charge on any atom is 0.231 e. The van der Waals surface area contributed by atoms with Gasteiger partial charge in [0.2, 0.25) is 5.91 Å². The van der Waals surface area contributed by atoms with Crippen LogP contribution in [-0.2, 0) is 4.79 Å². The molecule has 1 atom stereocenters. The van der Waals surface area contributed by atoms with E-state index in [1.165, 1.54) is 6.21 Å². The highest BCUT2D eigenvalue weighted by Gasteiger charge is 2.52. The van der Waals surface area contributed by atoms with Crippen LogP contribution >= 0.6 is 0 Å². The molecule has 0 bridgehead atoms. The molecule has 2 aliphatic heterocycles. The van der Waals surface area contributed by atoms with Gasteiger partial charge in [0.05, 0.1) is 5.41 Å². The van der Waals surface area contributed by atoms with Gasteiger partial charge in [0.15, 0.2) is 0 Å². The van der Waals surface area contributed by atoms with Gasteiger partial charge in [-0.3, -0.25) is 14.6 Å². The molecule has 2 saturated heterocycles. The zero-order chi connectivity index (χ0) is 22.6. The van der Waals surface area contributed by atoms with Gasteiger partial charge in [0.25, 0.3) is 0 Å². The molecule has 168 valence electrons. The highest BCUT2D eigenvalue weighted by molar-refractivity contribution is 5.97. The van der Waals surface area contributed by atoms with Crippen LogP contribution in [0.2, 0.25) is 0 Å². The summed E-state index contributed by atoms with van der Waals surface area (Å²) in [6, 6.07) is 0.134. The first-order valence-corrected chi connectivity index (χ1v) is 11.2. The molecule has 0 aliphatic carbocycles. The van der Waals surface area contributed by atoms with Crippen molar-refractivity contribution in [1.29, 1.82) is 5.41 Å². The van der Waals surface area contributed by atoms with Crippen molar-refractivity contribution in [1.82, 2.24) is 15.1 Å². The number of likely N-dealkylation sites (tertiary alicyclic amines) is 2. The van der Waals surface area contributed by atoms with Crippen LogP contribution in [0.15, 0.2) is 0 Å². The number of carbonyl (C=O) groups is 1. The van der Waals surface area contributed by atoms with Crippen LogP contribution in [0.1, 0.15) is 88.0 Å². The molecule has 2 N–H and O–H groups in total. The number of amides is 1. The maximum atomic E-state index is 13.6. The molecular weight excluding hydrogens is 360 g/mol. The summed E-state index contributed by atoms with van der Waals surface area (Å²) in [6.45, 7) is 20.0. The Hall–Kier alpha value is -0.940. The van der Waals surface area contributed by atoms with Crippen molar-refractivity contribution < 1.29 is 4.79 Å². The third-order valence-corrected chi connectivity index (χ3v) is 8.59. The van der Waals surface area contributed by atoms with Crippen LogP contribution in [0.5, 0.6) is 0 Å². The Kier molecular flexibility index (Phi) is 6.15. The van der Waals surface area contributed by atoms with Crippen molar-refractivity contribution >= 4 is 12.1 Å². The van der Waals surface area contributed by atoms with Crippen molar-refractivity contribution in [2.24, 2.45) is 11.3 Å². The third kappa shape index (κ3) is 4.41. The van der Waals surface area contributed by atoms with Gasteiger partial charge in [0.1, 0.15) is 0 Å². The standard InChI is InChI=1S/C24H46N4O/c1-20(2)12-17(13-21(3,4)27(20)10)24(9,16-25)19(29)26-18-14-22(5,6)28(11)23(7,8)15-18/h16-18,25H,12-15H2,1-11H3,(H,26,29). The molecule has 0 spiro atoms. The van der Waals surface area contributed by atoms with Crippen LogP contribution in [0, 0.1) is 16.7 Å². The number of nitrogens with zero attached hydrogens (tertiary/aromatic N) is 2. The molecule has 0 aromatic heterocycles. The molecule has 5 heteroatoms. The maximum absolute atomic E-state index is 13.6. The van der Waals surface area contributed by atoms with Crippen LogP contribution in [0.3, 0.4) is 0 Å². The van der Waals surface area contributed by atoms with Crippen molar-refractivity contribution in [3.8, 4) is 0 Å². The van der Waals surface area contributed by atoms with E-state index < -0.39 is 5.41 Å². The van der Waals surface area contributed by atoms with Crippen LogP contribution in [-0.4, -0.2) is 64.2 Å². The average Bonchev–Trinajstić information content (AvgIpc) is 2.55. The van der Waals surface area contributed by atoms with Crippen LogP contribution in [0.4, 0.5) is 0 Å². The minimum atomic E-state index is -0.784. The average molecular weight is 407 g/mol. The summed E-state index contributed by atoms with van der Waals surface area (Å²) in [5.74, 6) is 0.170. The second-order valence-corrected chi connectivity index (χ2v) is 12.5. The summed E-state index contributed by atoms with van der Waals surface area (Å²) in [5.41, 5.74) is -0.743. The van der Waals surface area contributed by atoms with E-state index in [1.807, 2.05) is 6.92 Å². The minimum absolute atomic E-state index is 0.00546. The van der Waals surface area contributed by atoms with Gasteiger partial charge in [-0.2, -0.15) is 0 Å². The van der Waals surface area contributed by atoms with Crippen molar-refractivity contribution in [2.75, 3.05) is 14.1 Å². The van der Waals surface area contributed by atoms with Gasteiger partial charge in [-0.15, -0.1) is 0 Å². The zero-order valence-corrected chi connectivity index (χ0v) is 20.9. The summed E-state index contributed by atoms with van der Waals surface area (Å²) < 4.78 is 0. The minimum Gasteiger partial charge on any atom is -0.352 e. The fourth-order valence-electron chi connectivity index (χ4n) is 5.98. The van der Waals surface area contributed by atoms with E-state index >= 15 is 0 Å². The smallest absolute Gasteiger partial charge is 0.231 e. The van der Waals surface area contributed by atoms with E-state index in [2.05, 4.69) is 84.6 Å². The summed E-state index contributed by atoms with van der Waals surface area (Å²) in [6.07, 6.45) is 5.09. The predicted octanol–water partition coefficient (Wildman–Crippen LogP) is 4.31. The van der Waals surface area contributed by atoms with E-state index in [9.17, 15) is 4.79 Å². The summed E-state index contributed by atoms with van der Waals surface area (Å²) in [4.78, 5) is 18.4. The lowest BCUT2D eigenvalue weighted by atomic mass is 9.63. The molecule has 0 radical (unpaired) electrons. The van der Waals surface area contributed by atoms with E-state index in [4.69, 9.17) is 5.41 Å². The number of piperidine rings is 2. The Morgan fingerprint density at radius 3 is 1.55 bits per heavy atom. The Labute approximate surface area is 179 Å². The summed E-state index contributed by atoms with van der Waals surface area (Å²) in [7, 11) is 4.36. The fraction of sp³-hybridized carbons (Fsp3) is 0.917. The molecule has 0 aromatic carbocycles. The third-order valence-electron chi connectivity index (χ3n) is 8.59. The zero-order valence-electron chi connectivity index (χ0n) is 20.9. The van der Waals surface area contributed by atoms with Gasteiger partial charge in [-0.25, -0.2) is 0 Å². The van der Waals surface area contributed by atoms with Crippen molar-refractivity contribution in [3.63, 3.8) is 0 Å². The lowest BCUT2D eigenvalue weighted by Gasteiger charge is -2.56. The lowest BCUT2D eigenvalue weighted by molar-refractivity contribution is -0.135. The molecular formula is C24H46N4O. The first-order valence-electron chi connectivity index (χ1n) is 11.2. The Bertz CT molecular complexity index is 615. The molecule has 29 heavy (non-hydrogen) atoms. The van der Waals surface area contributed by atoms with Gasteiger partial charge in [0, 0.05) is 34.4 Å². The number of carbonyl (C=O) groups excluding carboxylic acids is 1. The Morgan fingerprint density at radius 1 is 0.862 bits per heavy atom. The van der Waals surface area contributed by atoms with E-state index in [1.54, 1.807) is 0 Å². The van der Waals surface area contributed by atoms with Gasteiger partial charge in [-0.1, -0.05) is 0 Å². The molecule has 2 fully saturated rings.